The summed E-state index contributed by atoms with van der Waals surface area (Å²) >= 11 is 0. The van der Waals surface area contributed by atoms with Gasteiger partial charge >= 0.3 is 0 Å². The molecule has 27 heavy (non-hydrogen) atoms. The SMILES string of the molecule is CC(C)N(CC(=O)N1CCn2cccc2C1c1ccoc1)C(=O)C1CCC1. The summed E-state index contributed by atoms with van der Waals surface area (Å²) in [5, 5.41) is 0. The highest BCUT2D eigenvalue weighted by Crippen LogP contribution is 2.33. The van der Waals surface area contributed by atoms with Gasteiger partial charge in [0.1, 0.15) is 12.6 Å². The Morgan fingerprint density at radius 1 is 1.26 bits per heavy atom. The number of amides is 2. The van der Waals surface area contributed by atoms with Crippen LogP contribution in [0, 0.1) is 5.92 Å². The minimum absolute atomic E-state index is 0.00461. The molecule has 1 aliphatic heterocycles. The fourth-order valence-corrected chi connectivity index (χ4v) is 4.07. The van der Waals surface area contributed by atoms with Gasteiger partial charge in [0.2, 0.25) is 11.8 Å². The Hall–Kier alpha value is -2.50. The molecule has 2 amide bonds. The average Bonchev–Trinajstić information content (AvgIpc) is 3.27. The third-order valence-electron chi connectivity index (χ3n) is 5.88. The Bertz CT molecular complexity index is 805. The van der Waals surface area contributed by atoms with Crippen LogP contribution in [0.4, 0.5) is 0 Å². The highest BCUT2D eigenvalue weighted by Gasteiger charge is 2.36. The summed E-state index contributed by atoms with van der Waals surface area (Å²) in [5.74, 6) is 0.225. The van der Waals surface area contributed by atoms with Crippen molar-refractivity contribution in [3.05, 3.63) is 48.2 Å². The molecule has 1 aliphatic carbocycles. The molecule has 144 valence electrons. The van der Waals surface area contributed by atoms with Gasteiger partial charge < -0.3 is 18.8 Å². The Morgan fingerprint density at radius 2 is 2.07 bits per heavy atom. The zero-order chi connectivity index (χ0) is 19.0. The summed E-state index contributed by atoms with van der Waals surface area (Å²) < 4.78 is 7.47. The molecule has 0 radical (unpaired) electrons. The van der Waals surface area contributed by atoms with Crippen molar-refractivity contribution in [3.8, 4) is 0 Å². The van der Waals surface area contributed by atoms with E-state index < -0.39 is 0 Å². The van der Waals surface area contributed by atoms with Gasteiger partial charge in [-0.15, -0.1) is 0 Å². The standard InChI is InChI=1S/C21H27N3O3/c1-15(2)24(21(26)16-5-3-6-16)13-19(25)23-11-10-22-9-4-7-18(22)20(23)17-8-12-27-14-17/h4,7-9,12,14-16,20H,3,5-6,10-11,13H2,1-2H3. The molecule has 4 rings (SSSR count). The van der Waals surface area contributed by atoms with E-state index in [1.807, 2.05) is 37.1 Å². The Labute approximate surface area is 159 Å². The largest absolute Gasteiger partial charge is 0.472 e. The van der Waals surface area contributed by atoms with Crippen LogP contribution in [-0.4, -0.2) is 45.3 Å². The second-order valence-corrected chi connectivity index (χ2v) is 7.86. The molecule has 0 aromatic carbocycles. The zero-order valence-electron chi connectivity index (χ0n) is 16.0. The lowest BCUT2D eigenvalue weighted by Gasteiger charge is -2.39. The van der Waals surface area contributed by atoms with Gasteiger partial charge in [0.25, 0.3) is 0 Å². The normalized spacial score (nSPS) is 19.7. The summed E-state index contributed by atoms with van der Waals surface area (Å²) in [6.07, 6.45) is 8.40. The second kappa shape index (κ2) is 7.25. The van der Waals surface area contributed by atoms with E-state index in [4.69, 9.17) is 4.42 Å². The van der Waals surface area contributed by atoms with Crippen LogP contribution in [0.15, 0.2) is 41.3 Å². The fraction of sp³-hybridized carbons (Fsp3) is 0.524. The summed E-state index contributed by atoms with van der Waals surface area (Å²) in [6, 6.07) is 5.82. The molecule has 3 heterocycles. The third-order valence-corrected chi connectivity index (χ3v) is 5.88. The van der Waals surface area contributed by atoms with Gasteiger partial charge in [0, 0.05) is 42.5 Å². The van der Waals surface area contributed by atoms with E-state index in [9.17, 15) is 9.59 Å². The van der Waals surface area contributed by atoms with E-state index in [1.165, 1.54) is 0 Å². The van der Waals surface area contributed by atoms with Crippen molar-refractivity contribution >= 4 is 11.8 Å². The molecule has 0 N–H and O–H groups in total. The third kappa shape index (κ3) is 3.29. The van der Waals surface area contributed by atoms with Crippen molar-refractivity contribution in [2.75, 3.05) is 13.1 Å². The molecule has 1 unspecified atom stereocenters. The van der Waals surface area contributed by atoms with E-state index in [-0.39, 0.29) is 36.4 Å². The molecule has 2 aliphatic rings. The Morgan fingerprint density at radius 3 is 2.70 bits per heavy atom. The van der Waals surface area contributed by atoms with Crippen LogP contribution < -0.4 is 0 Å². The maximum atomic E-state index is 13.3. The maximum Gasteiger partial charge on any atom is 0.243 e. The smallest absolute Gasteiger partial charge is 0.243 e. The molecule has 0 saturated heterocycles. The number of fused-ring (bicyclic) bond motifs is 1. The van der Waals surface area contributed by atoms with Crippen LogP contribution in [0.25, 0.3) is 0 Å². The Balaban J connectivity index is 1.57. The van der Waals surface area contributed by atoms with Gasteiger partial charge in [-0.1, -0.05) is 6.42 Å². The van der Waals surface area contributed by atoms with Gasteiger partial charge in [-0.05, 0) is 44.9 Å². The molecule has 0 bridgehead atoms. The van der Waals surface area contributed by atoms with Gasteiger partial charge in [0.15, 0.2) is 0 Å². The van der Waals surface area contributed by atoms with Crippen LogP contribution in [-0.2, 0) is 16.1 Å². The van der Waals surface area contributed by atoms with E-state index in [0.29, 0.717) is 6.54 Å². The lowest BCUT2D eigenvalue weighted by atomic mass is 9.84. The van der Waals surface area contributed by atoms with Crippen molar-refractivity contribution in [2.24, 2.45) is 5.92 Å². The molecule has 0 spiro atoms. The monoisotopic (exact) mass is 369 g/mol. The van der Waals surface area contributed by atoms with Crippen molar-refractivity contribution < 1.29 is 14.0 Å². The highest BCUT2D eigenvalue weighted by atomic mass is 16.3. The molecule has 6 heteroatoms. The number of hydrogen-bond acceptors (Lipinski definition) is 3. The number of carbonyl (C=O) groups is 2. The van der Waals surface area contributed by atoms with Crippen molar-refractivity contribution in [2.45, 2.75) is 51.7 Å². The molecular formula is C21H27N3O3. The predicted molar refractivity (Wildman–Crippen MR) is 101 cm³/mol. The molecular weight excluding hydrogens is 342 g/mol. The minimum Gasteiger partial charge on any atom is -0.472 e. The lowest BCUT2D eigenvalue weighted by molar-refractivity contribution is -0.147. The second-order valence-electron chi connectivity index (χ2n) is 7.86. The molecule has 2 aromatic rings. The van der Waals surface area contributed by atoms with Crippen LogP contribution >= 0.6 is 0 Å². The summed E-state index contributed by atoms with van der Waals surface area (Å²) in [4.78, 5) is 29.7. The van der Waals surface area contributed by atoms with E-state index >= 15 is 0 Å². The quantitative estimate of drug-likeness (QED) is 0.814. The molecule has 2 aromatic heterocycles. The predicted octanol–water partition coefficient (Wildman–Crippen LogP) is 3.05. The van der Waals surface area contributed by atoms with Gasteiger partial charge in [-0.3, -0.25) is 9.59 Å². The van der Waals surface area contributed by atoms with Crippen molar-refractivity contribution in [3.63, 3.8) is 0 Å². The first kappa shape index (κ1) is 17.9. The first-order chi connectivity index (χ1) is 13.1. The fourth-order valence-electron chi connectivity index (χ4n) is 4.07. The molecule has 6 nitrogen and oxygen atoms in total. The lowest BCUT2D eigenvalue weighted by Crippen LogP contribution is -2.51. The van der Waals surface area contributed by atoms with E-state index in [1.54, 1.807) is 17.4 Å². The van der Waals surface area contributed by atoms with Crippen molar-refractivity contribution in [1.29, 1.82) is 0 Å². The topological polar surface area (TPSA) is 58.7 Å². The van der Waals surface area contributed by atoms with Crippen molar-refractivity contribution in [1.82, 2.24) is 14.4 Å². The number of hydrogen-bond donors (Lipinski definition) is 0. The van der Waals surface area contributed by atoms with E-state index in [0.717, 1.165) is 37.1 Å². The summed E-state index contributed by atoms with van der Waals surface area (Å²) in [5.41, 5.74) is 2.04. The van der Waals surface area contributed by atoms with E-state index in [2.05, 4.69) is 10.6 Å². The number of furan rings is 1. The van der Waals surface area contributed by atoms with Crippen LogP contribution in [0.5, 0.6) is 0 Å². The first-order valence-electron chi connectivity index (χ1n) is 9.83. The average molecular weight is 369 g/mol. The number of aromatic nitrogens is 1. The first-order valence-corrected chi connectivity index (χ1v) is 9.83. The molecule has 1 atom stereocenters. The van der Waals surface area contributed by atoms with Crippen LogP contribution in [0.1, 0.15) is 50.4 Å². The zero-order valence-corrected chi connectivity index (χ0v) is 16.0. The molecule has 1 fully saturated rings. The van der Waals surface area contributed by atoms with Gasteiger partial charge in [-0.2, -0.15) is 0 Å². The summed E-state index contributed by atoms with van der Waals surface area (Å²) in [6.45, 7) is 5.50. The summed E-state index contributed by atoms with van der Waals surface area (Å²) in [7, 11) is 0. The van der Waals surface area contributed by atoms with Gasteiger partial charge in [0.05, 0.1) is 12.5 Å². The number of nitrogens with zero attached hydrogens (tertiary/aromatic N) is 3. The minimum atomic E-state index is -0.173. The number of carbonyl (C=O) groups excluding carboxylic acids is 2. The molecule has 1 saturated carbocycles. The Kier molecular flexibility index (Phi) is 4.81. The highest BCUT2D eigenvalue weighted by molar-refractivity contribution is 5.87. The number of rotatable bonds is 5. The van der Waals surface area contributed by atoms with Crippen LogP contribution in [0.2, 0.25) is 0 Å². The van der Waals surface area contributed by atoms with Gasteiger partial charge in [-0.25, -0.2) is 0 Å². The van der Waals surface area contributed by atoms with Crippen LogP contribution in [0.3, 0.4) is 0 Å². The maximum absolute atomic E-state index is 13.3.